The Morgan fingerprint density at radius 3 is 1.59 bits per heavy atom. The molecular formula is C33H24N4O4. The molecule has 0 saturated heterocycles. The summed E-state index contributed by atoms with van der Waals surface area (Å²) in [5.74, 6) is 0.940. The largest absolute Gasteiger partial charge is 0.457 e. The molecular weight excluding hydrogens is 516 g/mol. The van der Waals surface area contributed by atoms with Gasteiger partial charge in [0.25, 0.3) is 11.8 Å². The molecule has 8 heteroatoms. The minimum absolute atomic E-state index is 0.0584. The van der Waals surface area contributed by atoms with Crippen LogP contribution in [0.5, 0.6) is 11.5 Å². The second-order valence-corrected chi connectivity index (χ2v) is 10.5. The van der Waals surface area contributed by atoms with Gasteiger partial charge in [0.15, 0.2) is 0 Å². The number of ether oxygens (including phenoxy) is 2. The lowest BCUT2D eigenvalue weighted by atomic mass is 10.1. The van der Waals surface area contributed by atoms with E-state index in [4.69, 9.17) is 9.47 Å². The first-order valence-electron chi connectivity index (χ1n) is 13.6. The Balaban J connectivity index is 0.970. The highest BCUT2D eigenvalue weighted by Crippen LogP contribution is 2.39. The van der Waals surface area contributed by atoms with Crippen LogP contribution in [0.3, 0.4) is 0 Å². The highest BCUT2D eigenvalue weighted by molar-refractivity contribution is 6.15. The van der Waals surface area contributed by atoms with Gasteiger partial charge >= 0.3 is 0 Å². The predicted molar refractivity (Wildman–Crippen MR) is 157 cm³/mol. The van der Waals surface area contributed by atoms with Gasteiger partial charge in [-0.3, -0.25) is 29.4 Å². The van der Waals surface area contributed by atoms with E-state index in [1.54, 1.807) is 36.4 Å². The number of fused-ring (bicyclic) bond motifs is 8. The summed E-state index contributed by atoms with van der Waals surface area (Å²) in [5.41, 5.74) is 6.38. The van der Waals surface area contributed by atoms with Crippen molar-refractivity contribution in [1.29, 1.82) is 0 Å². The van der Waals surface area contributed by atoms with Crippen molar-refractivity contribution in [3.8, 4) is 11.5 Å². The van der Waals surface area contributed by atoms with Crippen molar-refractivity contribution in [2.24, 2.45) is 9.98 Å². The molecule has 0 N–H and O–H groups in total. The number of rotatable bonds is 4. The van der Waals surface area contributed by atoms with E-state index in [0.29, 0.717) is 34.0 Å². The summed E-state index contributed by atoms with van der Waals surface area (Å²) in [6, 6.07) is 26.3. The Hall–Kier alpha value is -5.24. The average Bonchev–Trinajstić information content (AvgIpc) is 3.48. The number of hydrogen-bond acceptors (Lipinski definition) is 6. The predicted octanol–water partition coefficient (Wildman–Crippen LogP) is 5.68. The number of para-hydroxylation sites is 2. The van der Waals surface area contributed by atoms with Crippen molar-refractivity contribution in [2.75, 3.05) is 16.6 Å². The van der Waals surface area contributed by atoms with Crippen molar-refractivity contribution in [1.82, 2.24) is 0 Å². The second-order valence-electron chi connectivity index (χ2n) is 10.5. The molecule has 4 aromatic rings. The van der Waals surface area contributed by atoms with Crippen LogP contribution in [0, 0.1) is 0 Å². The third kappa shape index (κ3) is 3.82. The van der Waals surface area contributed by atoms with Crippen molar-refractivity contribution in [3.05, 3.63) is 107 Å². The van der Waals surface area contributed by atoms with Crippen molar-refractivity contribution < 1.29 is 19.1 Å². The molecule has 4 aliphatic rings. The minimum Gasteiger partial charge on any atom is -0.457 e. The maximum atomic E-state index is 13.4. The van der Waals surface area contributed by atoms with E-state index in [-0.39, 0.29) is 30.7 Å². The van der Waals surface area contributed by atoms with E-state index in [2.05, 4.69) is 22.1 Å². The second kappa shape index (κ2) is 9.16. The molecule has 0 aromatic heterocycles. The maximum Gasteiger partial charge on any atom is 0.261 e. The van der Waals surface area contributed by atoms with E-state index in [9.17, 15) is 9.59 Å². The Bertz CT molecular complexity index is 1680. The number of amides is 2. The molecule has 2 atom stereocenters. The van der Waals surface area contributed by atoms with Gasteiger partial charge in [0, 0.05) is 48.8 Å². The topological polar surface area (TPSA) is 83.8 Å². The quantitative estimate of drug-likeness (QED) is 0.312. The van der Waals surface area contributed by atoms with E-state index in [0.717, 1.165) is 35.3 Å². The zero-order chi connectivity index (χ0) is 27.5. The van der Waals surface area contributed by atoms with Gasteiger partial charge in [-0.25, -0.2) is 0 Å². The van der Waals surface area contributed by atoms with Gasteiger partial charge in [0.1, 0.15) is 11.5 Å². The number of nitrogens with zero attached hydrogens (tertiary/aromatic N) is 4. The Morgan fingerprint density at radius 2 is 1.10 bits per heavy atom. The molecule has 4 aromatic carbocycles. The molecule has 200 valence electrons. The lowest BCUT2D eigenvalue weighted by molar-refractivity contribution is 0.0979. The van der Waals surface area contributed by atoms with E-state index in [1.165, 1.54) is 0 Å². The van der Waals surface area contributed by atoms with Crippen LogP contribution >= 0.6 is 0 Å². The average molecular weight is 541 g/mol. The summed E-state index contributed by atoms with van der Waals surface area (Å²) in [7, 11) is 0. The molecule has 0 spiro atoms. The molecule has 0 fully saturated rings. The van der Waals surface area contributed by atoms with E-state index < -0.39 is 0 Å². The fourth-order valence-electron chi connectivity index (χ4n) is 6.12. The Labute approximate surface area is 236 Å². The Kier molecular flexibility index (Phi) is 5.28. The van der Waals surface area contributed by atoms with Crippen LogP contribution in [0.1, 0.15) is 31.8 Å². The summed E-state index contributed by atoms with van der Waals surface area (Å²) < 4.78 is 11.7. The number of anilines is 2. The van der Waals surface area contributed by atoms with Crippen LogP contribution in [0.25, 0.3) is 0 Å². The standard InChI is InChI=1S/C33H24N4O4/c38-32-26-11-9-24(15-28(26)34-17-22-13-20-5-1-3-7-30(20)36(22)32)40-19-41-25-10-12-27-29(16-25)35-18-23-14-21-6-2-4-8-31(21)37(23)33(27)39/h1-12,15-18,22-23H,13-14,19H2/t22-,23-/m0/s1. The molecule has 0 unspecified atom stereocenters. The number of aliphatic imine (C=N–C) groups is 2. The normalized spacial score (nSPS) is 19.4. The SMILES string of the molecule is O=C1c2ccc(OCOc3ccc4c(c3)N=C[C@@H]3Cc5ccccc5N3C4=O)cc2N=C[C@@H]2Cc3ccccc3N12. The summed E-state index contributed by atoms with van der Waals surface area (Å²) in [6.07, 6.45) is 5.17. The molecule has 0 bridgehead atoms. The first kappa shape index (κ1) is 23.6. The molecule has 0 saturated carbocycles. The van der Waals surface area contributed by atoms with Crippen LogP contribution in [0.2, 0.25) is 0 Å². The molecule has 0 aliphatic carbocycles. The van der Waals surface area contributed by atoms with Gasteiger partial charge in [-0.05, 0) is 47.5 Å². The van der Waals surface area contributed by atoms with Crippen molar-refractivity contribution in [3.63, 3.8) is 0 Å². The van der Waals surface area contributed by atoms with E-state index in [1.807, 2.05) is 58.6 Å². The van der Waals surface area contributed by atoms with Gasteiger partial charge in [-0.1, -0.05) is 36.4 Å². The number of benzene rings is 4. The fourth-order valence-corrected chi connectivity index (χ4v) is 6.12. The van der Waals surface area contributed by atoms with Gasteiger partial charge in [-0.15, -0.1) is 0 Å². The lowest BCUT2D eigenvalue weighted by Crippen LogP contribution is -2.37. The van der Waals surface area contributed by atoms with Gasteiger partial charge in [0.2, 0.25) is 6.79 Å². The summed E-state index contributed by atoms with van der Waals surface area (Å²) in [6.45, 7) is -0.0584. The monoisotopic (exact) mass is 540 g/mol. The summed E-state index contributed by atoms with van der Waals surface area (Å²) in [5, 5.41) is 0. The van der Waals surface area contributed by atoms with Crippen molar-refractivity contribution in [2.45, 2.75) is 24.9 Å². The molecule has 41 heavy (non-hydrogen) atoms. The molecule has 4 aliphatic heterocycles. The maximum absolute atomic E-state index is 13.4. The first-order valence-corrected chi connectivity index (χ1v) is 13.6. The zero-order valence-corrected chi connectivity index (χ0v) is 21.9. The summed E-state index contributed by atoms with van der Waals surface area (Å²) in [4.78, 5) is 39.8. The third-order valence-corrected chi connectivity index (χ3v) is 8.08. The van der Waals surface area contributed by atoms with Gasteiger partial charge in [-0.2, -0.15) is 0 Å². The molecule has 8 nitrogen and oxygen atoms in total. The van der Waals surface area contributed by atoms with Crippen LogP contribution < -0.4 is 19.3 Å². The molecule has 8 rings (SSSR count). The van der Waals surface area contributed by atoms with Crippen LogP contribution in [-0.2, 0) is 12.8 Å². The molecule has 2 amide bonds. The van der Waals surface area contributed by atoms with Crippen molar-refractivity contribution >= 4 is 47.0 Å². The smallest absolute Gasteiger partial charge is 0.261 e. The van der Waals surface area contributed by atoms with Crippen LogP contribution in [-0.4, -0.2) is 43.1 Å². The minimum atomic E-state index is -0.103. The first-order chi connectivity index (χ1) is 20.1. The highest BCUT2D eigenvalue weighted by Gasteiger charge is 2.37. The molecule has 4 heterocycles. The van der Waals surface area contributed by atoms with Gasteiger partial charge in [0.05, 0.1) is 34.6 Å². The Morgan fingerprint density at radius 1 is 0.634 bits per heavy atom. The zero-order valence-electron chi connectivity index (χ0n) is 21.9. The van der Waals surface area contributed by atoms with Gasteiger partial charge < -0.3 is 9.47 Å². The van der Waals surface area contributed by atoms with E-state index >= 15 is 0 Å². The third-order valence-electron chi connectivity index (χ3n) is 8.08. The molecule has 0 radical (unpaired) electrons. The highest BCUT2D eigenvalue weighted by atomic mass is 16.7. The number of carbonyl (C=O) groups is 2. The number of hydrogen-bond donors (Lipinski definition) is 0. The number of carbonyl (C=O) groups excluding carboxylic acids is 2. The summed E-state index contributed by atoms with van der Waals surface area (Å²) >= 11 is 0. The fraction of sp³-hybridized carbons (Fsp3) is 0.152. The van der Waals surface area contributed by atoms with Crippen LogP contribution in [0.15, 0.2) is 94.9 Å². The lowest BCUT2D eigenvalue weighted by Gasteiger charge is -2.21. The van der Waals surface area contributed by atoms with Crippen LogP contribution in [0.4, 0.5) is 22.7 Å².